The summed E-state index contributed by atoms with van der Waals surface area (Å²) in [5.74, 6) is 0. The maximum absolute atomic E-state index is 12.3. The topological polar surface area (TPSA) is 22.0 Å². The van der Waals surface area contributed by atoms with E-state index in [0.29, 0.717) is 17.5 Å². The van der Waals surface area contributed by atoms with Crippen molar-refractivity contribution in [2.24, 2.45) is 0 Å². The highest BCUT2D eigenvalue weighted by Crippen LogP contribution is 2.18. The van der Waals surface area contributed by atoms with E-state index in [4.69, 9.17) is 0 Å². The third-order valence-electron chi connectivity index (χ3n) is 2.96. The summed E-state index contributed by atoms with van der Waals surface area (Å²) in [5.41, 5.74) is 2.26. The van der Waals surface area contributed by atoms with Crippen LogP contribution in [0.2, 0.25) is 0 Å². The highest BCUT2D eigenvalue weighted by molar-refractivity contribution is 7.79. The molecule has 0 aliphatic heterocycles. The van der Waals surface area contributed by atoms with Gasteiger partial charge in [0.25, 0.3) is 0 Å². The Balaban J connectivity index is 0.00000102. The number of hydrogen-bond donors (Lipinski definition) is 1. The fourth-order valence-electron chi connectivity index (χ4n) is 2.18. The van der Waals surface area contributed by atoms with E-state index in [1.54, 1.807) is 24.5 Å². The monoisotopic (exact) mass is 315 g/mol. The van der Waals surface area contributed by atoms with Crippen molar-refractivity contribution in [3.63, 3.8) is 0 Å². The van der Waals surface area contributed by atoms with Crippen molar-refractivity contribution in [1.29, 1.82) is 0 Å². The highest BCUT2D eigenvalue weighted by atomic mass is 32.1. The van der Waals surface area contributed by atoms with Gasteiger partial charge < -0.3 is 4.57 Å². The van der Waals surface area contributed by atoms with Crippen LogP contribution in [0, 0.1) is 0 Å². The fraction of sp³-hybridized carbons (Fsp3) is 0.211. The van der Waals surface area contributed by atoms with Gasteiger partial charge in [0, 0.05) is 17.5 Å². The molecule has 3 heteroatoms. The van der Waals surface area contributed by atoms with E-state index in [1.165, 1.54) is 0 Å². The van der Waals surface area contributed by atoms with E-state index in [9.17, 15) is 4.79 Å². The van der Waals surface area contributed by atoms with Gasteiger partial charge in [0.1, 0.15) is 0 Å². The summed E-state index contributed by atoms with van der Waals surface area (Å²) >= 11 is 3.53. The van der Waals surface area contributed by atoms with Crippen LogP contribution < -0.4 is 5.43 Å². The second-order valence-corrected chi connectivity index (χ2v) is 3.95. The first-order valence-electron chi connectivity index (χ1n) is 7.20. The first-order chi connectivity index (χ1) is 10.7. The van der Waals surface area contributed by atoms with Crippen LogP contribution in [0.3, 0.4) is 0 Å². The van der Waals surface area contributed by atoms with Gasteiger partial charge in [-0.2, -0.15) is 12.6 Å². The first-order valence-corrected chi connectivity index (χ1v) is 8.10. The van der Waals surface area contributed by atoms with Crippen molar-refractivity contribution in [3.8, 4) is 0 Å². The Kier molecular flexibility index (Phi) is 9.72. The molecule has 0 aliphatic carbocycles. The summed E-state index contributed by atoms with van der Waals surface area (Å²) in [5, 5.41) is 0.694. The van der Waals surface area contributed by atoms with Gasteiger partial charge in [-0.15, -0.1) is 6.58 Å². The van der Waals surface area contributed by atoms with E-state index in [-0.39, 0.29) is 5.43 Å². The number of hydrogen-bond acceptors (Lipinski definition) is 2. The lowest BCUT2D eigenvalue weighted by molar-refractivity contribution is 0.840. The number of pyridine rings is 1. The van der Waals surface area contributed by atoms with Gasteiger partial charge >= 0.3 is 0 Å². The van der Waals surface area contributed by atoms with Crippen LogP contribution >= 0.6 is 12.6 Å². The van der Waals surface area contributed by atoms with Crippen LogP contribution in [0.1, 0.15) is 25.1 Å². The molecule has 0 spiro atoms. The Morgan fingerprint density at radius 3 is 2.18 bits per heavy atom. The molecular formula is C19H25NOS. The van der Waals surface area contributed by atoms with E-state index in [1.807, 2.05) is 42.7 Å². The molecule has 0 aliphatic rings. The molecule has 2 nitrogen and oxygen atoms in total. The number of para-hydroxylation sites is 1. The molecule has 0 bridgehead atoms. The Morgan fingerprint density at radius 2 is 1.68 bits per heavy atom. The molecule has 0 atom stereocenters. The first kappa shape index (κ1) is 20.0. The van der Waals surface area contributed by atoms with Gasteiger partial charge in [-0.1, -0.05) is 51.3 Å². The molecule has 0 radical (unpaired) electrons. The molecule has 1 aromatic heterocycles. The van der Waals surface area contributed by atoms with Crippen LogP contribution in [0.5, 0.6) is 0 Å². The molecule has 0 N–H and O–H groups in total. The second-order valence-electron chi connectivity index (χ2n) is 3.95. The minimum atomic E-state index is -0.00388. The molecule has 1 aromatic carbocycles. The summed E-state index contributed by atoms with van der Waals surface area (Å²) < 4.78 is 2.02. The van der Waals surface area contributed by atoms with E-state index in [2.05, 4.69) is 32.4 Å². The second kappa shape index (κ2) is 10.7. The minimum Gasteiger partial charge on any atom is -0.336 e. The van der Waals surface area contributed by atoms with E-state index in [0.717, 1.165) is 11.2 Å². The molecule has 118 valence electrons. The van der Waals surface area contributed by atoms with Crippen molar-refractivity contribution in [1.82, 2.24) is 4.57 Å². The largest absolute Gasteiger partial charge is 0.336 e. The van der Waals surface area contributed by atoms with Crippen LogP contribution in [0.4, 0.5) is 0 Å². The van der Waals surface area contributed by atoms with Crippen molar-refractivity contribution in [3.05, 3.63) is 71.6 Å². The van der Waals surface area contributed by atoms with Crippen LogP contribution in [0.15, 0.2) is 54.9 Å². The van der Waals surface area contributed by atoms with Gasteiger partial charge in [-0.25, -0.2) is 0 Å². The zero-order valence-corrected chi connectivity index (χ0v) is 14.6. The number of benzene rings is 1. The van der Waals surface area contributed by atoms with Gasteiger partial charge in [0.05, 0.1) is 11.2 Å². The lowest BCUT2D eigenvalue weighted by Crippen LogP contribution is -2.16. The summed E-state index contributed by atoms with van der Waals surface area (Å²) in [6.07, 6.45) is 6.77. The summed E-state index contributed by atoms with van der Waals surface area (Å²) in [7, 11) is 0. The number of thiol groups is 1. The molecule has 22 heavy (non-hydrogen) atoms. The maximum Gasteiger partial charge on any atom is 0.197 e. The van der Waals surface area contributed by atoms with Crippen molar-refractivity contribution in [2.45, 2.75) is 20.4 Å². The summed E-state index contributed by atoms with van der Waals surface area (Å²) in [6.45, 7) is 15.9. The number of nitrogens with zero attached hydrogens (tertiary/aromatic N) is 1. The average molecular weight is 315 g/mol. The molecule has 0 saturated carbocycles. The molecule has 1 heterocycles. The van der Waals surface area contributed by atoms with Gasteiger partial charge in [0.2, 0.25) is 0 Å². The van der Waals surface area contributed by atoms with Gasteiger partial charge in [0.15, 0.2) is 5.43 Å². The Labute approximate surface area is 138 Å². The summed E-state index contributed by atoms with van der Waals surface area (Å²) in [6, 6.07) is 7.54. The Morgan fingerprint density at radius 1 is 1.09 bits per heavy atom. The number of allylic oxidation sites excluding steroid dienone is 1. The zero-order valence-electron chi connectivity index (χ0n) is 13.7. The average Bonchev–Trinajstić information content (AvgIpc) is 2.60. The summed E-state index contributed by atoms with van der Waals surface area (Å²) in [4.78, 5) is 12.3. The fourth-order valence-corrected chi connectivity index (χ4v) is 2.18. The third kappa shape index (κ3) is 4.01. The SMILES string of the molecule is C=CCn1c(C=C)c(C=C)c(=O)c2ccccc21.CC.CS. The van der Waals surface area contributed by atoms with Crippen LogP contribution in [0.25, 0.3) is 23.1 Å². The predicted molar refractivity (Wildman–Crippen MR) is 105 cm³/mol. The van der Waals surface area contributed by atoms with Gasteiger partial charge in [-0.3, -0.25) is 4.79 Å². The lowest BCUT2D eigenvalue weighted by Gasteiger charge is -2.15. The standard InChI is InChI=1S/C16H15NO.C2H6.CH4S/c1-4-11-17-14(6-3)12(5-2)16(18)13-9-7-8-10-15(13)17;2*1-2/h4-10H,1-3,11H2;1-2H3;2H,1H3. The van der Waals surface area contributed by atoms with Crippen molar-refractivity contribution in [2.75, 3.05) is 6.26 Å². The molecule has 0 fully saturated rings. The highest BCUT2D eigenvalue weighted by Gasteiger charge is 2.11. The van der Waals surface area contributed by atoms with Crippen molar-refractivity contribution < 1.29 is 0 Å². The quantitative estimate of drug-likeness (QED) is 0.619. The lowest BCUT2D eigenvalue weighted by atomic mass is 10.1. The molecule has 0 saturated heterocycles. The normalized spacial score (nSPS) is 8.91. The van der Waals surface area contributed by atoms with Crippen LogP contribution in [-0.4, -0.2) is 10.8 Å². The number of rotatable bonds is 4. The Hall–Kier alpha value is -2.00. The molecular weight excluding hydrogens is 290 g/mol. The smallest absolute Gasteiger partial charge is 0.197 e. The maximum atomic E-state index is 12.3. The van der Waals surface area contributed by atoms with Gasteiger partial charge in [-0.05, 0) is 24.5 Å². The third-order valence-corrected chi connectivity index (χ3v) is 2.96. The van der Waals surface area contributed by atoms with E-state index >= 15 is 0 Å². The molecule has 2 aromatic rings. The predicted octanol–water partition coefficient (Wildman–Crippen LogP) is 5.05. The molecule has 0 unspecified atom stereocenters. The number of aromatic nitrogens is 1. The minimum absolute atomic E-state index is 0.00388. The zero-order chi connectivity index (χ0) is 17.1. The molecule has 0 amide bonds. The van der Waals surface area contributed by atoms with E-state index < -0.39 is 0 Å². The van der Waals surface area contributed by atoms with Crippen molar-refractivity contribution >= 4 is 35.7 Å². The Bertz CT molecular complexity index is 698. The number of fused-ring (bicyclic) bond motifs is 1. The van der Waals surface area contributed by atoms with Crippen LogP contribution in [-0.2, 0) is 6.54 Å². The molecule has 2 rings (SSSR count).